The van der Waals surface area contributed by atoms with E-state index in [0.717, 1.165) is 10.5 Å². The van der Waals surface area contributed by atoms with Crippen LogP contribution in [0.25, 0.3) is 0 Å². The highest BCUT2D eigenvalue weighted by molar-refractivity contribution is 7.99. The number of hydrogen-bond donors (Lipinski definition) is 3. The maximum atomic E-state index is 10.2. The van der Waals surface area contributed by atoms with Crippen LogP contribution in [-0.2, 0) is 6.42 Å². The van der Waals surface area contributed by atoms with Crippen molar-refractivity contribution in [3.05, 3.63) is 59.1 Å². The molecule has 2 aromatic rings. The summed E-state index contributed by atoms with van der Waals surface area (Å²) in [6.07, 6.45) is 0.0572. The van der Waals surface area contributed by atoms with Crippen molar-refractivity contribution in [2.75, 3.05) is 11.5 Å². The molecule has 0 amide bonds. The maximum absolute atomic E-state index is 10.2. The second kappa shape index (κ2) is 7.71. The Labute approximate surface area is 134 Å². The average Bonchev–Trinajstić information content (AvgIpc) is 2.47. The molecule has 0 fully saturated rings. The van der Waals surface area contributed by atoms with Gasteiger partial charge in [-0.1, -0.05) is 41.9 Å². The lowest BCUT2D eigenvalue weighted by Crippen LogP contribution is -2.38. The maximum Gasteiger partial charge on any atom is 0.0788 e. The Bertz CT molecular complexity index is 580. The van der Waals surface area contributed by atoms with E-state index in [9.17, 15) is 5.11 Å². The number of nitrogens with two attached hydrogens (primary N) is 2. The first-order chi connectivity index (χ1) is 10.1. The van der Waals surface area contributed by atoms with Crippen LogP contribution in [0, 0.1) is 0 Å². The quantitative estimate of drug-likeness (QED) is 0.565. The number of nitrogen functional groups attached to an aromatic ring is 1. The average molecular weight is 323 g/mol. The first-order valence-electron chi connectivity index (χ1n) is 6.71. The van der Waals surface area contributed by atoms with Gasteiger partial charge >= 0.3 is 0 Å². The van der Waals surface area contributed by atoms with Crippen LogP contribution in [-0.4, -0.2) is 23.0 Å². The molecule has 0 spiro atoms. The number of aliphatic hydroxyl groups is 1. The fourth-order valence-electron chi connectivity index (χ4n) is 1.96. The second-order valence-electron chi connectivity index (χ2n) is 4.92. The molecular weight excluding hydrogens is 304 g/mol. The molecule has 112 valence electrons. The highest BCUT2D eigenvalue weighted by Crippen LogP contribution is 2.29. The zero-order valence-electron chi connectivity index (χ0n) is 11.6. The van der Waals surface area contributed by atoms with E-state index < -0.39 is 6.10 Å². The third kappa shape index (κ3) is 4.93. The molecule has 2 aromatic carbocycles. The van der Waals surface area contributed by atoms with Gasteiger partial charge in [-0.05, 0) is 30.2 Å². The van der Waals surface area contributed by atoms with Crippen LogP contribution < -0.4 is 11.5 Å². The molecule has 21 heavy (non-hydrogen) atoms. The van der Waals surface area contributed by atoms with Crippen LogP contribution >= 0.6 is 23.4 Å². The van der Waals surface area contributed by atoms with Crippen molar-refractivity contribution in [2.45, 2.75) is 23.5 Å². The number of aliphatic hydroxyl groups excluding tert-OH is 1. The van der Waals surface area contributed by atoms with Gasteiger partial charge in [0.25, 0.3) is 0 Å². The van der Waals surface area contributed by atoms with Crippen molar-refractivity contribution in [1.29, 1.82) is 0 Å². The zero-order chi connectivity index (χ0) is 15.2. The van der Waals surface area contributed by atoms with Crippen molar-refractivity contribution in [3.8, 4) is 0 Å². The van der Waals surface area contributed by atoms with E-state index in [-0.39, 0.29) is 6.04 Å². The summed E-state index contributed by atoms with van der Waals surface area (Å²) in [6, 6.07) is 15.0. The zero-order valence-corrected chi connectivity index (χ0v) is 13.1. The number of benzene rings is 2. The molecule has 0 aliphatic carbocycles. The topological polar surface area (TPSA) is 72.3 Å². The van der Waals surface area contributed by atoms with E-state index in [0.29, 0.717) is 22.9 Å². The Morgan fingerprint density at radius 3 is 2.52 bits per heavy atom. The minimum Gasteiger partial charge on any atom is -0.399 e. The van der Waals surface area contributed by atoms with E-state index >= 15 is 0 Å². The number of anilines is 1. The van der Waals surface area contributed by atoms with Crippen molar-refractivity contribution >= 4 is 29.1 Å². The summed E-state index contributed by atoms with van der Waals surface area (Å²) < 4.78 is 0. The normalized spacial score (nSPS) is 13.9. The predicted molar refractivity (Wildman–Crippen MR) is 90.7 cm³/mol. The minimum absolute atomic E-state index is 0.299. The van der Waals surface area contributed by atoms with Crippen molar-refractivity contribution in [1.82, 2.24) is 0 Å². The number of halogens is 1. The van der Waals surface area contributed by atoms with E-state index in [1.165, 1.54) is 11.8 Å². The van der Waals surface area contributed by atoms with Gasteiger partial charge < -0.3 is 16.6 Å². The van der Waals surface area contributed by atoms with Crippen molar-refractivity contribution in [2.24, 2.45) is 5.73 Å². The second-order valence-corrected chi connectivity index (χ2v) is 6.39. The molecule has 5 heteroatoms. The van der Waals surface area contributed by atoms with E-state index in [1.54, 1.807) is 12.1 Å². The molecular formula is C16H19ClN2OS. The van der Waals surface area contributed by atoms with Gasteiger partial charge in [0.15, 0.2) is 0 Å². The lowest BCUT2D eigenvalue weighted by atomic mass is 10.0. The van der Waals surface area contributed by atoms with E-state index in [2.05, 4.69) is 0 Å². The first-order valence-corrected chi connectivity index (χ1v) is 8.08. The molecule has 2 rings (SSSR count). The van der Waals surface area contributed by atoms with Gasteiger partial charge in [-0.15, -0.1) is 11.8 Å². The van der Waals surface area contributed by atoms with Gasteiger partial charge in [-0.2, -0.15) is 0 Å². The van der Waals surface area contributed by atoms with E-state index in [1.807, 2.05) is 36.4 Å². The Morgan fingerprint density at radius 2 is 1.86 bits per heavy atom. The van der Waals surface area contributed by atoms with Gasteiger partial charge in [0.1, 0.15) is 0 Å². The molecule has 0 heterocycles. The molecule has 2 unspecified atom stereocenters. The fraction of sp³-hybridized carbons (Fsp3) is 0.250. The molecule has 0 aromatic heterocycles. The van der Waals surface area contributed by atoms with Gasteiger partial charge in [0.2, 0.25) is 0 Å². The molecule has 0 saturated heterocycles. The predicted octanol–water partition coefficient (Wildman–Crippen LogP) is 2.95. The van der Waals surface area contributed by atoms with Gasteiger partial charge in [0, 0.05) is 22.4 Å². The lowest BCUT2D eigenvalue weighted by molar-refractivity contribution is 0.167. The molecule has 0 aliphatic heterocycles. The smallest absolute Gasteiger partial charge is 0.0788 e. The Morgan fingerprint density at radius 1 is 1.14 bits per heavy atom. The lowest BCUT2D eigenvalue weighted by Gasteiger charge is -2.19. The summed E-state index contributed by atoms with van der Waals surface area (Å²) in [5.41, 5.74) is 13.5. The Balaban J connectivity index is 1.87. The third-order valence-corrected chi connectivity index (χ3v) is 4.77. The SMILES string of the molecule is Nc1ccc(SCC(O)C(N)Cc2ccccc2)c(Cl)c1. The number of thioether (sulfide) groups is 1. The highest BCUT2D eigenvalue weighted by atomic mass is 35.5. The van der Waals surface area contributed by atoms with E-state index in [4.69, 9.17) is 23.1 Å². The summed E-state index contributed by atoms with van der Waals surface area (Å²) in [5, 5.41) is 10.8. The summed E-state index contributed by atoms with van der Waals surface area (Å²) in [7, 11) is 0. The summed E-state index contributed by atoms with van der Waals surface area (Å²) in [6.45, 7) is 0. The van der Waals surface area contributed by atoms with Gasteiger partial charge in [-0.25, -0.2) is 0 Å². The Kier molecular flexibility index (Phi) is 5.94. The molecule has 0 saturated carbocycles. The first kappa shape index (κ1) is 16.2. The Hall–Kier alpha value is -1.20. The van der Waals surface area contributed by atoms with Crippen LogP contribution in [0.4, 0.5) is 5.69 Å². The third-order valence-electron chi connectivity index (χ3n) is 3.17. The highest BCUT2D eigenvalue weighted by Gasteiger charge is 2.16. The van der Waals surface area contributed by atoms with Crippen molar-refractivity contribution < 1.29 is 5.11 Å². The van der Waals surface area contributed by atoms with Crippen LogP contribution in [0.2, 0.25) is 5.02 Å². The van der Waals surface area contributed by atoms with Gasteiger partial charge in [0.05, 0.1) is 11.1 Å². The summed E-state index contributed by atoms with van der Waals surface area (Å²) in [5.74, 6) is 0.498. The monoisotopic (exact) mass is 322 g/mol. The fourth-order valence-corrected chi connectivity index (χ4v) is 3.27. The van der Waals surface area contributed by atoms with Crippen LogP contribution in [0.1, 0.15) is 5.56 Å². The molecule has 5 N–H and O–H groups in total. The van der Waals surface area contributed by atoms with Crippen molar-refractivity contribution in [3.63, 3.8) is 0 Å². The van der Waals surface area contributed by atoms with Crippen LogP contribution in [0.5, 0.6) is 0 Å². The van der Waals surface area contributed by atoms with Crippen LogP contribution in [0.15, 0.2) is 53.4 Å². The molecule has 0 radical (unpaired) electrons. The number of hydrogen-bond acceptors (Lipinski definition) is 4. The molecule has 0 aliphatic rings. The van der Waals surface area contributed by atoms with Gasteiger partial charge in [-0.3, -0.25) is 0 Å². The molecule has 3 nitrogen and oxygen atoms in total. The minimum atomic E-state index is -0.594. The standard InChI is InChI=1S/C16H19ClN2OS/c17-13-9-12(18)6-7-16(13)21-10-15(20)14(19)8-11-4-2-1-3-5-11/h1-7,9,14-15,20H,8,10,18-19H2. The largest absolute Gasteiger partial charge is 0.399 e. The summed E-state index contributed by atoms with van der Waals surface area (Å²) in [4.78, 5) is 0.900. The summed E-state index contributed by atoms with van der Waals surface area (Å²) >= 11 is 7.59. The van der Waals surface area contributed by atoms with Crippen LogP contribution in [0.3, 0.4) is 0 Å². The number of rotatable bonds is 6. The molecule has 2 atom stereocenters. The molecule has 0 bridgehead atoms.